The molecule has 0 saturated heterocycles. The number of aromatic nitrogens is 3. The third kappa shape index (κ3) is 33.9. The standard InChI is InChI=1S/3C18H16NP.C2H3N.2CH2Cl2.2BF4.2Cu/c3*1-15-9-8-14-18(19-15)20(16-10-4-2-5-11-16)17-12-6-3-7-13-17;1-2-3;2*2-1-3;2*2-1(3,4)5;;/h3*2-14H,1H3;1H3;2*1H2;;;;/q;;;;;;2*-1;2*+1/p+3. The second-order valence-corrected chi connectivity index (χ2v) is 24.6. The minimum absolute atomic E-state index is 0. The van der Waals surface area contributed by atoms with E-state index in [1.54, 1.807) is 6.07 Å². The van der Waals surface area contributed by atoms with E-state index in [-0.39, 0.29) is 44.8 Å². The van der Waals surface area contributed by atoms with Crippen LogP contribution in [0.4, 0.5) is 34.5 Å². The van der Waals surface area contributed by atoms with Gasteiger partial charge in [0, 0.05) is 42.2 Å². The Morgan fingerprint density at radius 3 is 0.593 bits per heavy atom. The topological polar surface area (TPSA) is 62.5 Å². The van der Waals surface area contributed by atoms with Gasteiger partial charge in [-0.05, 0) is 112 Å². The summed E-state index contributed by atoms with van der Waals surface area (Å²) < 4.78 is 78.0. The number of benzene rings is 6. The van der Waals surface area contributed by atoms with Crippen LogP contribution >= 0.6 is 70.2 Å². The first kappa shape index (κ1) is 76.3. The van der Waals surface area contributed by atoms with Crippen LogP contribution in [0.15, 0.2) is 237 Å². The van der Waals surface area contributed by atoms with Crippen LogP contribution in [0.25, 0.3) is 0 Å². The zero-order valence-corrected chi connectivity index (χ0v) is 51.9. The number of halogens is 12. The molecule has 81 heavy (non-hydrogen) atoms. The third-order valence-corrected chi connectivity index (χ3v) is 17.6. The van der Waals surface area contributed by atoms with Crippen molar-refractivity contribution in [2.75, 3.05) is 10.7 Å². The largest absolute Gasteiger partial charge is 1.00 e. The molecule has 9 rings (SSSR count). The van der Waals surface area contributed by atoms with Crippen molar-refractivity contribution in [1.82, 2.24) is 15.0 Å². The maximum Gasteiger partial charge on any atom is 1.00 e. The molecule has 6 aromatic carbocycles. The molecular weight excluding hydrogens is 1290 g/mol. The summed E-state index contributed by atoms with van der Waals surface area (Å²) in [5, 5.41) is 16.0. The first-order chi connectivity index (χ1) is 37.8. The zero-order chi connectivity index (χ0) is 58.5. The van der Waals surface area contributed by atoms with Crippen LogP contribution in [0.3, 0.4) is 0 Å². The molecule has 0 N–H and O–H groups in total. The Morgan fingerprint density at radius 1 is 0.333 bits per heavy atom. The van der Waals surface area contributed by atoms with E-state index in [2.05, 4.69) is 257 Å². The van der Waals surface area contributed by atoms with Crippen LogP contribution in [0.5, 0.6) is 0 Å². The molecule has 434 valence electrons. The molecule has 0 fully saturated rings. The molecule has 0 atom stereocenters. The fraction of sp³-hybridized carbons (Fsp3) is 0.103. The van der Waals surface area contributed by atoms with Crippen LogP contribution in [0.2, 0.25) is 0 Å². The molecular formula is C58H58B2Cl4Cu2F8N4P3+3. The van der Waals surface area contributed by atoms with Gasteiger partial charge in [-0.15, -0.1) is 46.4 Å². The number of nitriles is 1. The second-order valence-electron chi connectivity index (χ2n) is 15.7. The van der Waals surface area contributed by atoms with Crippen molar-refractivity contribution >= 4 is 133 Å². The monoisotopic (exact) mass is 1340 g/mol. The Kier molecular flexibility index (Phi) is 41.4. The first-order valence-corrected chi connectivity index (χ1v) is 30.5. The molecule has 3 heterocycles. The minimum atomic E-state index is -6.00. The maximum atomic E-state index is 9.75. The first-order valence-electron chi connectivity index (χ1n) is 23.8. The Hall–Kier alpha value is -4.68. The minimum Gasteiger partial charge on any atom is -0.418 e. The van der Waals surface area contributed by atoms with Gasteiger partial charge in [0.1, 0.15) is 55.6 Å². The van der Waals surface area contributed by atoms with Crippen molar-refractivity contribution in [2.45, 2.75) is 27.7 Å². The molecule has 23 heteroatoms. The van der Waals surface area contributed by atoms with Crippen LogP contribution < -0.4 is 48.1 Å². The van der Waals surface area contributed by atoms with Gasteiger partial charge < -0.3 is 34.5 Å². The Bertz CT molecular complexity index is 2620. The number of pyridine rings is 3. The molecule has 0 bridgehead atoms. The van der Waals surface area contributed by atoms with Gasteiger partial charge in [0.05, 0.1) is 16.7 Å². The van der Waals surface area contributed by atoms with Crippen molar-refractivity contribution in [2.24, 2.45) is 0 Å². The van der Waals surface area contributed by atoms with E-state index < -0.39 is 38.3 Å². The fourth-order valence-corrected chi connectivity index (χ4v) is 14.6. The van der Waals surface area contributed by atoms with E-state index in [0.717, 1.165) is 17.1 Å². The van der Waals surface area contributed by atoms with E-state index >= 15 is 0 Å². The van der Waals surface area contributed by atoms with Gasteiger partial charge in [-0.2, -0.15) is 5.26 Å². The van der Waals surface area contributed by atoms with Crippen LogP contribution in [-0.4, -0.2) is 40.1 Å². The summed E-state index contributed by atoms with van der Waals surface area (Å²) in [4.78, 5) is 14.3. The molecule has 0 amide bonds. The predicted octanol–water partition coefficient (Wildman–Crippen LogP) is 14.6. The summed E-state index contributed by atoms with van der Waals surface area (Å²) in [5.41, 5.74) is 6.85. The average molecular weight is 1350 g/mol. The van der Waals surface area contributed by atoms with E-state index in [0.29, 0.717) is 0 Å². The predicted molar refractivity (Wildman–Crippen MR) is 332 cm³/mol. The molecule has 0 aliphatic carbocycles. The summed E-state index contributed by atoms with van der Waals surface area (Å²) in [6.45, 7) is 7.59. The van der Waals surface area contributed by atoms with Gasteiger partial charge in [0.25, 0.3) is 0 Å². The van der Waals surface area contributed by atoms with Gasteiger partial charge in [0.15, 0.2) is 16.3 Å². The van der Waals surface area contributed by atoms with Gasteiger partial charge >= 0.3 is 48.6 Å². The molecule has 3 aromatic heterocycles. The fourth-order valence-electron chi connectivity index (χ4n) is 7.06. The normalized spacial score (nSPS) is 9.95. The van der Waals surface area contributed by atoms with Crippen LogP contribution in [0, 0.1) is 32.1 Å². The van der Waals surface area contributed by atoms with E-state index in [4.69, 9.17) is 66.6 Å². The summed E-state index contributed by atoms with van der Waals surface area (Å²) in [5.74, 6) is 0. The molecule has 9 aromatic rings. The Morgan fingerprint density at radius 2 is 0.469 bits per heavy atom. The van der Waals surface area contributed by atoms with Crippen molar-refractivity contribution < 1.29 is 68.7 Å². The molecule has 0 aliphatic rings. The van der Waals surface area contributed by atoms with Gasteiger partial charge in [0.2, 0.25) is 0 Å². The van der Waals surface area contributed by atoms with Crippen molar-refractivity contribution in [1.29, 1.82) is 5.26 Å². The number of nitrogens with zero attached hydrogens (tertiary/aromatic N) is 4. The summed E-state index contributed by atoms with van der Waals surface area (Å²) in [6.07, 6.45) is 0. The summed E-state index contributed by atoms with van der Waals surface area (Å²) in [7, 11) is -15.0. The number of hydrogen-bond acceptors (Lipinski definition) is 4. The van der Waals surface area contributed by atoms with Gasteiger partial charge in [-0.1, -0.05) is 127 Å². The van der Waals surface area contributed by atoms with E-state index in [1.165, 1.54) is 55.1 Å². The van der Waals surface area contributed by atoms with Crippen molar-refractivity contribution in [3.63, 3.8) is 0 Å². The SMILES string of the molecule is CC#N.Cc1cccc([PH+](c2ccccc2)c2ccccc2)n1.Cc1cccc([PH+](c2ccccc2)c2ccccc2)n1.Cc1cccc([PH+](c2ccccc2)c2ccccc2)n1.ClCCl.ClCCl.F[B-](F)(F)F.F[B-](F)(F)F.[Cu+].[Cu+]. The second kappa shape index (κ2) is 43.9. The van der Waals surface area contributed by atoms with E-state index in [9.17, 15) is 34.5 Å². The van der Waals surface area contributed by atoms with Crippen LogP contribution in [-0.2, 0) is 34.1 Å². The summed E-state index contributed by atoms with van der Waals surface area (Å²) in [6, 6.07) is 85.0. The van der Waals surface area contributed by atoms with Gasteiger partial charge in [-0.3, -0.25) is 0 Å². The molecule has 0 aliphatic heterocycles. The number of aryl methyl sites for hydroxylation is 3. The molecule has 0 spiro atoms. The molecule has 0 radical (unpaired) electrons. The van der Waals surface area contributed by atoms with Crippen molar-refractivity contribution in [3.8, 4) is 6.07 Å². The number of hydrogen-bond donors (Lipinski definition) is 0. The average Bonchev–Trinajstić information content (AvgIpc) is 3.41. The quantitative estimate of drug-likeness (QED) is 0.0625. The number of alkyl halides is 4. The Balaban J connectivity index is 0.00000101. The molecule has 4 nitrogen and oxygen atoms in total. The molecule has 0 unspecified atom stereocenters. The molecule has 0 saturated carbocycles. The maximum absolute atomic E-state index is 9.75. The van der Waals surface area contributed by atoms with Crippen LogP contribution in [0.1, 0.15) is 24.0 Å². The third-order valence-electron chi connectivity index (χ3n) is 9.81. The van der Waals surface area contributed by atoms with Gasteiger partial charge in [-0.25, -0.2) is 15.0 Å². The smallest absolute Gasteiger partial charge is 0.418 e. The Labute approximate surface area is 515 Å². The number of rotatable bonds is 9. The van der Waals surface area contributed by atoms with E-state index in [1.807, 2.05) is 0 Å². The zero-order valence-electron chi connectivity index (χ0n) is 44.0. The van der Waals surface area contributed by atoms with Crippen molar-refractivity contribution in [3.05, 3.63) is 254 Å². The summed E-state index contributed by atoms with van der Waals surface area (Å²) >= 11 is 19.1.